The van der Waals surface area contributed by atoms with Crippen LogP contribution in [0.15, 0.2) is 23.6 Å². The summed E-state index contributed by atoms with van der Waals surface area (Å²) >= 11 is 1.72. The number of rotatable bonds is 4. The molecule has 2 aromatic rings. The predicted octanol–water partition coefficient (Wildman–Crippen LogP) is 3.92. The van der Waals surface area contributed by atoms with Gasteiger partial charge in [0.15, 0.2) is 5.13 Å². The van der Waals surface area contributed by atoms with Crippen LogP contribution in [0.2, 0.25) is 0 Å². The van der Waals surface area contributed by atoms with Crippen molar-refractivity contribution >= 4 is 34.6 Å². The summed E-state index contributed by atoms with van der Waals surface area (Å²) in [5.74, 6) is 0. The van der Waals surface area contributed by atoms with Crippen LogP contribution in [-0.4, -0.2) is 35.6 Å². The van der Waals surface area contributed by atoms with Crippen LogP contribution in [-0.2, 0) is 13.0 Å². The Morgan fingerprint density at radius 3 is 2.92 bits per heavy atom. The van der Waals surface area contributed by atoms with Crippen molar-refractivity contribution in [2.75, 3.05) is 30.3 Å². The van der Waals surface area contributed by atoms with E-state index in [4.69, 9.17) is 0 Å². The van der Waals surface area contributed by atoms with Gasteiger partial charge in [-0.25, -0.2) is 4.98 Å². The number of hydrogen-bond acceptors (Lipinski definition) is 5. The number of aromatic nitrogens is 1. The molecule has 0 radical (unpaired) electrons. The fraction of sp³-hybridized carbons (Fsp3) is 0.500. The molecule has 0 saturated carbocycles. The van der Waals surface area contributed by atoms with Crippen LogP contribution in [0.4, 0.5) is 10.8 Å². The summed E-state index contributed by atoms with van der Waals surface area (Å²) in [6.45, 7) is 6.53. The summed E-state index contributed by atoms with van der Waals surface area (Å²) in [7, 11) is 0. The van der Waals surface area contributed by atoms with Gasteiger partial charge in [0.05, 0.1) is 5.69 Å². The molecule has 4 nitrogen and oxygen atoms in total. The van der Waals surface area contributed by atoms with Gasteiger partial charge < -0.3 is 10.6 Å². The molecule has 24 heavy (non-hydrogen) atoms. The van der Waals surface area contributed by atoms with Gasteiger partial charge in [0, 0.05) is 43.3 Å². The monoisotopic (exact) mass is 364 g/mol. The average Bonchev–Trinajstić information content (AvgIpc) is 3.19. The van der Waals surface area contributed by atoms with Crippen molar-refractivity contribution in [1.82, 2.24) is 9.88 Å². The topological polar surface area (TPSA) is 40.2 Å². The molecule has 0 spiro atoms. The van der Waals surface area contributed by atoms with E-state index in [1.807, 2.05) is 0 Å². The van der Waals surface area contributed by atoms with Crippen LogP contribution < -0.4 is 10.6 Å². The number of fused-ring (bicyclic) bond motifs is 1. The van der Waals surface area contributed by atoms with E-state index in [0.29, 0.717) is 6.04 Å². The Morgan fingerprint density at radius 2 is 2.17 bits per heavy atom. The Bertz CT molecular complexity index is 679. The van der Waals surface area contributed by atoms with Gasteiger partial charge in [-0.2, -0.15) is 0 Å². The maximum atomic E-state index is 4.52. The second kappa shape index (κ2) is 7.72. The SMILES string of the molecule is Cc1csc(NC2CCN(Cc3cccc4c3NCC4)CC2)n1.Cl. The molecule has 0 aliphatic carbocycles. The lowest BCUT2D eigenvalue weighted by molar-refractivity contribution is 0.211. The maximum absolute atomic E-state index is 4.52. The highest BCUT2D eigenvalue weighted by molar-refractivity contribution is 7.13. The number of nitrogens with zero attached hydrogens (tertiary/aromatic N) is 2. The summed E-state index contributed by atoms with van der Waals surface area (Å²) < 4.78 is 0. The molecule has 6 heteroatoms. The van der Waals surface area contributed by atoms with Crippen molar-refractivity contribution in [3.05, 3.63) is 40.4 Å². The molecule has 1 fully saturated rings. The summed E-state index contributed by atoms with van der Waals surface area (Å²) in [5, 5.41) is 10.3. The zero-order valence-corrected chi connectivity index (χ0v) is 15.7. The van der Waals surface area contributed by atoms with Gasteiger partial charge in [-0.15, -0.1) is 23.7 Å². The number of hydrogen-bond donors (Lipinski definition) is 2. The van der Waals surface area contributed by atoms with Gasteiger partial charge in [-0.1, -0.05) is 18.2 Å². The lowest BCUT2D eigenvalue weighted by Gasteiger charge is -2.32. The summed E-state index contributed by atoms with van der Waals surface area (Å²) in [5.41, 5.74) is 5.45. The Hall–Kier alpha value is -1.30. The third-order valence-corrected chi connectivity index (χ3v) is 5.75. The minimum absolute atomic E-state index is 0. The third kappa shape index (κ3) is 3.85. The highest BCUT2D eigenvalue weighted by atomic mass is 35.5. The highest BCUT2D eigenvalue weighted by Crippen LogP contribution is 2.28. The molecule has 0 amide bonds. The molecule has 1 aromatic heterocycles. The fourth-order valence-corrected chi connectivity index (χ4v) is 4.38. The third-order valence-electron chi connectivity index (χ3n) is 4.86. The molecular weight excluding hydrogens is 340 g/mol. The van der Waals surface area contributed by atoms with Crippen molar-refractivity contribution in [3.8, 4) is 0 Å². The van der Waals surface area contributed by atoms with E-state index in [0.717, 1.165) is 37.0 Å². The second-order valence-electron chi connectivity index (χ2n) is 6.62. The smallest absolute Gasteiger partial charge is 0.183 e. The number of nitrogens with one attached hydrogen (secondary N) is 2. The highest BCUT2D eigenvalue weighted by Gasteiger charge is 2.21. The van der Waals surface area contributed by atoms with Gasteiger partial charge >= 0.3 is 0 Å². The summed E-state index contributed by atoms with van der Waals surface area (Å²) in [6.07, 6.45) is 3.56. The summed E-state index contributed by atoms with van der Waals surface area (Å²) in [6, 6.07) is 7.31. The molecule has 1 aromatic carbocycles. The molecule has 2 aliphatic rings. The number of piperidine rings is 1. The van der Waals surface area contributed by atoms with Crippen LogP contribution in [0.25, 0.3) is 0 Å². The van der Waals surface area contributed by atoms with E-state index in [1.165, 1.54) is 36.1 Å². The molecule has 3 heterocycles. The lowest BCUT2D eigenvalue weighted by atomic mass is 10.0. The minimum Gasteiger partial charge on any atom is -0.384 e. The van der Waals surface area contributed by atoms with Gasteiger partial charge in [0.2, 0.25) is 0 Å². The average molecular weight is 365 g/mol. The Kier molecular flexibility index (Phi) is 5.64. The number of thiazole rings is 1. The largest absolute Gasteiger partial charge is 0.384 e. The van der Waals surface area contributed by atoms with Gasteiger partial charge in [0.1, 0.15) is 0 Å². The molecule has 4 rings (SSSR count). The zero-order valence-electron chi connectivity index (χ0n) is 14.0. The van der Waals surface area contributed by atoms with E-state index in [1.54, 1.807) is 11.3 Å². The normalized spacial score (nSPS) is 17.9. The maximum Gasteiger partial charge on any atom is 0.183 e. The van der Waals surface area contributed by atoms with Gasteiger partial charge in [0.25, 0.3) is 0 Å². The first-order valence-electron chi connectivity index (χ1n) is 8.53. The molecular formula is C18H25ClN4S. The zero-order chi connectivity index (χ0) is 15.6. The van der Waals surface area contributed by atoms with Crippen LogP contribution in [0.5, 0.6) is 0 Å². The van der Waals surface area contributed by atoms with Crippen LogP contribution in [0.3, 0.4) is 0 Å². The molecule has 1 saturated heterocycles. The Morgan fingerprint density at radius 1 is 1.33 bits per heavy atom. The van der Waals surface area contributed by atoms with E-state index >= 15 is 0 Å². The van der Waals surface area contributed by atoms with Crippen LogP contribution in [0, 0.1) is 6.92 Å². The van der Waals surface area contributed by atoms with Crippen molar-refractivity contribution in [1.29, 1.82) is 0 Å². The van der Waals surface area contributed by atoms with E-state index in [2.05, 4.69) is 51.0 Å². The second-order valence-corrected chi connectivity index (χ2v) is 7.47. The summed E-state index contributed by atoms with van der Waals surface area (Å²) in [4.78, 5) is 7.10. The first-order chi connectivity index (χ1) is 11.3. The molecule has 0 bridgehead atoms. The van der Waals surface area contributed by atoms with Gasteiger partial charge in [-0.3, -0.25) is 4.90 Å². The number of likely N-dealkylation sites (tertiary alicyclic amines) is 1. The number of para-hydroxylation sites is 1. The number of benzene rings is 1. The molecule has 0 atom stereocenters. The van der Waals surface area contributed by atoms with E-state index in [9.17, 15) is 0 Å². The van der Waals surface area contributed by atoms with Crippen molar-refractivity contribution < 1.29 is 0 Å². The number of aryl methyl sites for hydroxylation is 1. The number of anilines is 2. The van der Waals surface area contributed by atoms with Crippen LogP contribution >= 0.6 is 23.7 Å². The molecule has 2 aliphatic heterocycles. The molecule has 0 unspecified atom stereocenters. The first-order valence-corrected chi connectivity index (χ1v) is 9.41. The van der Waals surface area contributed by atoms with Crippen molar-refractivity contribution in [2.45, 2.75) is 38.8 Å². The van der Waals surface area contributed by atoms with Gasteiger partial charge in [-0.05, 0) is 37.3 Å². The van der Waals surface area contributed by atoms with E-state index in [-0.39, 0.29) is 12.4 Å². The molecule has 2 N–H and O–H groups in total. The lowest BCUT2D eigenvalue weighted by Crippen LogP contribution is -2.38. The first kappa shape index (κ1) is 17.5. The van der Waals surface area contributed by atoms with Crippen LogP contribution in [0.1, 0.15) is 29.7 Å². The quantitative estimate of drug-likeness (QED) is 0.862. The standard InChI is InChI=1S/C18H24N4S.ClH/c1-13-12-23-18(20-13)21-16-6-9-22(10-7-16)11-15-4-2-3-14-5-8-19-17(14)15;/h2-4,12,16,19H,5-11H2,1H3,(H,20,21);1H. The fourth-order valence-electron chi connectivity index (χ4n) is 3.61. The van der Waals surface area contributed by atoms with Crippen molar-refractivity contribution in [3.63, 3.8) is 0 Å². The minimum atomic E-state index is 0. The Labute approximate surface area is 154 Å². The van der Waals surface area contributed by atoms with E-state index < -0.39 is 0 Å². The molecule has 130 valence electrons. The Balaban J connectivity index is 0.00000169. The number of halogens is 1. The predicted molar refractivity (Wildman–Crippen MR) is 105 cm³/mol. The van der Waals surface area contributed by atoms with Crippen molar-refractivity contribution in [2.24, 2.45) is 0 Å².